The number of nitrogens with zero attached hydrogens (tertiary/aromatic N) is 2. The number of fused-ring (bicyclic) bond motifs is 1. The lowest BCUT2D eigenvalue weighted by Crippen LogP contribution is -2.49. The van der Waals surface area contributed by atoms with Crippen LogP contribution in [0.15, 0.2) is 102 Å². The number of ether oxygens (including phenoxy) is 2. The first-order valence-electron chi connectivity index (χ1n) is 15.0. The largest absolute Gasteiger partial charge is 0.486 e. The molecule has 242 valence electrons. The number of carbonyl (C=O) groups is 1. The van der Waals surface area contributed by atoms with Gasteiger partial charge in [-0.1, -0.05) is 54.9 Å². The maximum absolute atomic E-state index is 13.8. The summed E-state index contributed by atoms with van der Waals surface area (Å²) in [6.45, 7) is 5.01. The number of amides is 1. The number of para-hydroxylation sites is 2. The van der Waals surface area contributed by atoms with Crippen LogP contribution in [0, 0.1) is 5.92 Å². The number of aliphatic hydroxyl groups excluding tert-OH is 1. The highest BCUT2D eigenvalue weighted by atomic mass is 35.5. The molecule has 0 aliphatic carbocycles. The molecular formula is C35H38ClN3O6S. The normalized spacial score (nSPS) is 17.4. The van der Waals surface area contributed by atoms with Crippen LogP contribution in [0.25, 0.3) is 0 Å². The van der Waals surface area contributed by atoms with Gasteiger partial charge in [-0.15, -0.1) is 0 Å². The number of halogens is 1. The van der Waals surface area contributed by atoms with Gasteiger partial charge in [-0.3, -0.25) is 14.4 Å². The van der Waals surface area contributed by atoms with E-state index in [9.17, 15) is 18.3 Å². The molecule has 0 saturated heterocycles. The Morgan fingerprint density at radius 1 is 1.00 bits per heavy atom. The van der Waals surface area contributed by atoms with Crippen LogP contribution in [-0.4, -0.2) is 68.1 Å². The van der Waals surface area contributed by atoms with Crippen LogP contribution < -0.4 is 14.2 Å². The van der Waals surface area contributed by atoms with Gasteiger partial charge in [0.25, 0.3) is 15.9 Å². The number of likely N-dealkylation sites (N-methyl/N-ethyl adjacent to an activating group) is 1. The van der Waals surface area contributed by atoms with Gasteiger partial charge < -0.3 is 19.5 Å². The lowest BCUT2D eigenvalue weighted by Gasteiger charge is -2.38. The first-order valence-corrected chi connectivity index (χ1v) is 16.9. The minimum Gasteiger partial charge on any atom is -0.486 e. The number of carbonyl (C=O) groups excluding carboxylic acids is 1. The molecule has 0 saturated carbocycles. The average Bonchev–Trinajstić information content (AvgIpc) is 3.04. The third-order valence-electron chi connectivity index (χ3n) is 7.91. The molecule has 5 rings (SSSR count). The van der Waals surface area contributed by atoms with Gasteiger partial charge in [-0.05, 0) is 80.2 Å². The maximum atomic E-state index is 13.8. The lowest BCUT2D eigenvalue weighted by atomic mass is 9.99. The van der Waals surface area contributed by atoms with Gasteiger partial charge in [0.1, 0.15) is 17.6 Å². The second-order valence-corrected chi connectivity index (χ2v) is 13.7. The number of nitrogens with one attached hydrogen (secondary N) is 1. The molecule has 0 aromatic heterocycles. The highest BCUT2D eigenvalue weighted by Crippen LogP contribution is 2.36. The number of sulfonamides is 1. The molecule has 2 N–H and O–H groups in total. The first kappa shape index (κ1) is 33.3. The van der Waals surface area contributed by atoms with E-state index < -0.39 is 22.2 Å². The van der Waals surface area contributed by atoms with E-state index in [2.05, 4.69) is 9.62 Å². The second kappa shape index (κ2) is 14.6. The minimum atomic E-state index is -4.03. The van der Waals surface area contributed by atoms with E-state index in [1.165, 1.54) is 24.3 Å². The fourth-order valence-electron chi connectivity index (χ4n) is 5.33. The van der Waals surface area contributed by atoms with Crippen molar-refractivity contribution in [3.63, 3.8) is 0 Å². The van der Waals surface area contributed by atoms with Crippen molar-refractivity contribution in [3.05, 3.63) is 113 Å². The number of hydrogen-bond donors (Lipinski definition) is 2. The summed E-state index contributed by atoms with van der Waals surface area (Å²) >= 11 is 5.97. The van der Waals surface area contributed by atoms with Crippen LogP contribution in [0.1, 0.15) is 29.8 Å². The Balaban J connectivity index is 1.39. The zero-order chi connectivity index (χ0) is 32.8. The molecule has 4 aromatic carbocycles. The Morgan fingerprint density at radius 2 is 1.67 bits per heavy atom. The summed E-state index contributed by atoms with van der Waals surface area (Å²) in [6, 6.07) is 27.6. The van der Waals surface area contributed by atoms with Gasteiger partial charge in [0.2, 0.25) is 0 Å². The summed E-state index contributed by atoms with van der Waals surface area (Å²) < 4.78 is 41.8. The van der Waals surface area contributed by atoms with Crippen molar-refractivity contribution in [3.8, 4) is 17.2 Å². The van der Waals surface area contributed by atoms with E-state index in [1.54, 1.807) is 30.0 Å². The number of hydrogen-bond acceptors (Lipinski definition) is 7. The Labute approximate surface area is 275 Å². The Hall–Kier alpha value is -4.09. The van der Waals surface area contributed by atoms with Gasteiger partial charge in [0.15, 0.2) is 5.75 Å². The molecule has 0 spiro atoms. The van der Waals surface area contributed by atoms with Crippen molar-refractivity contribution in [2.75, 3.05) is 31.5 Å². The fourth-order valence-corrected chi connectivity index (χ4v) is 6.52. The van der Waals surface area contributed by atoms with Gasteiger partial charge in [0, 0.05) is 30.6 Å². The van der Waals surface area contributed by atoms with Crippen LogP contribution in [0.5, 0.6) is 17.2 Å². The predicted molar refractivity (Wildman–Crippen MR) is 179 cm³/mol. The fraction of sp³-hybridized carbons (Fsp3) is 0.286. The molecule has 1 heterocycles. The molecule has 46 heavy (non-hydrogen) atoms. The zero-order valence-corrected chi connectivity index (χ0v) is 27.5. The Kier molecular flexibility index (Phi) is 10.5. The van der Waals surface area contributed by atoms with Crippen LogP contribution in [0.3, 0.4) is 0 Å². The summed E-state index contributed by atoms with van der Waals surface area (Å²) in [5, 5.41) is 10.4. The number of anilines is 1. The van der Waals surface area contributed by atoms with Gasteiger partial charge in [-0.2, -0.15) is 0 Å². The molecule has 0 unspecified atom stereocenters. The molecule has 1 aliphatic heterocycles. The monoisotopic (exact) mass is 663 g/mol. The van der Waals surface area contributed by atoms with Gasteiger partial charge in [0.05, 0.1) is 28.8 Å². The molecule has 0 bridgehead atoms. The standard InChI is InChI=1S/C35H38ClN3O6S/c1-24-20-39(25(2)23-40)35(41)31-10-7-11-32(37-46(42,43)30-18-14-27(36)15-19-30)34(31)45-33(24)22-38(3)21-26-12-16-29(17-13-26)44-28-8-5-4-6-9-28/h4-19,24-25,33,37,40H,20-23H2,1-3H3/t24-,25+,33+/m1/s1. The highest BCUT2D eigenvalue weighted by Gasteiger charge is 2.35. The maximum Gasteiger partial charge on any atom is 0.262 e. The second-order valence-electron chi connectivity index (χ2n) is 11.6. The third kappa shape index (κ3) is 8.00. The van der Waals surface area contributed by atoms with Gasteiger partial charge >= 0.3 is 0 Å². The Bertz CT molecular complexity index is 1740. The smallest absolute Gasteiger partial charge is 0.262 e. The third-order valence-corrected chi connectivity index (χ3v) is 9.54. The summed E-state index contributed by atoms with van der Waals surface area (Å²) in [4.78, 5) is 17.6. The average molecular weight is 664 g/mol. The van der Waals surface area contributed by atoms with E-state index in [-0.39, 0.29) is 40.3 Å². The highest BCUT2D eigenvalue weighted by molar-refractivity contribution is 7.92. The van der Waals surface area contributed by atoms with Crippen LogP contribution in [0.4, 0.5) is 5.69 Å². The molecule has 0 fully saturated rings. The van der Waals surface area contributed by atoms with E-state index in [1.807, 2.05) is 68.6 Å². The minimum absolute atomic E-state index is 0.0204. The van der Waals surface area contributed by atoms with Crippen molar-refractivity contribution in [1.29, 1.82) is 0 Å². The topological polar surface area (TPSA) is 108 Å². The SMILES string of the molecule is C[C@@H]1CN([C@@H](C)CO)C(=O)c2cccc(NS(=O)(=O)c3ccc(Cl)cc3)c2O[C@H]1CN(C)Cc1ccc(Oc2ccccc2)cc1. The van der Waals surface area contributed by atoms with E-state index >= 15 is 0 Å². The molecule has 4 aromatic rings. The van der Waals surface area contributed by atoms with Crippen LogP contribution in [0.2, 0.25) is 5.02 Å². The number of rotatable bonds is 11. The number of benzene rings is 4. The lowest BCUT2D eigenvalue weighted by molar-refractivity contribution is 0.0344. The van der Waals surface area contributed by atoms with Crippen molar-refractivity contribution in [1.82, 2.24) is 9.80 Å². The van der Waals surface area contributed by atoms with E-state index in [0.717, 1.165) is 17.1 Å². The summed E-state index contributed by atoms with van der Waals surface area (Å²) in [7, 11) is -2.04. The van der Waals surface area contributed by atoms with Gasteiger partial charge in [-0.25, -0.2) is 8.42 Å². The molecule has 3 atom stereocenters. The van der Waals surface area contributed by atoms with Crippen molar-refractivity contribution in [2.24, 2.45) is 5.92 Å². The van der Waals surface area contributed by atoms with Crippen molar-refractivity contribution < 1.29 is 27.8 Å². The molecular weight excluding hydrogens is 626 g/mol. The molecule has 1 aliphatic rings. The summed E-state index contributed by atoms with van der Waals surface area (Å²) in [5.41, 5.74) is 1.43. The van der Waals surface area contributed by atoms with E-state index in [4.69, 9.17) is 21.1 Å². The van der Waals surface area contributed by atoms with Crippen LogP contribution >= 0.6 is 11.6 Å². The predicted octanol–water partition coefficient (Wildman–Crippen LogP) is 6.29. The summed E-state index contributed by atoms with van der Waals surface area (Å²) in [5.74, 6) is 1.15. The zero-order valence-electron chi connectivity index (χ0n) is 26.0. The van der Waals surface area contributed by atoms with Crippen LogP contribution in [-0.2, 0) is 16.6 Å². The first-order chi connectivity index (χ1) is 22.0. The molecule has 9 nitrogen and oxygen atoms in total. The molecule has 0 radical (unpaired) electrons. The summed E-state index contributed by atoms with van der Waals surface area (Å²) in [6.07, 6.45) is -0.424. The molecule has 11 heteroatoms. The van der Waals surface area contributed by atoms with Crippen molar-refractivity contribution in [2.45, 2.75) is 37.4 Å². The van der Waals surface area contributed by atoms with Crippen molar-refractivity contribution >= 4 is 33.2 Å². The molecule has 1 amide bonds. The van der Waals surface area contributed by atoms with E-state index in [0.29, 0.717) is 24.7 Å². The number of aliphatic hydroxyl groups is 1. The quantitative estimate of drug-likeness (QED) is 0.194. The Morgan fingerprint density at radius 3 is 2.35 bits per heavy atom.